The number of nitrogens with zero attached hydrogens (tertiary/aromatic N) is 4. The molecule has 4 atom stereocenters. The number of carboxylic acids is 1. The van der Waals surface area contributed by atoms with Gasteiger partial charge in [-0.25, -0.2) is 0 Å². The molecule has 2 aromatic carbocycles. The molecule has 2 unspecified atom stereocenters. The molecule has 4 heterocycles. The summed E-state index contributed by atoms with van der Waals surface area (Å²) >= 11 is 0. The van der Waals surface area contributed by atoms with Crippen LogP contribution in [0, 0.1) is 17.8 Å². The van der Waals surface area contributed by atoms with E-state index in [9.17, 15) is 72.2 Å². The molecule has 25 heteroatoms. The molecular formula is C61H74N7O18+. The lowest BCUT2D eigenvalue weighted by Gasteiger charge is -2.23. The van der Waals surface area contributed by atoms with E-state index in [0.29, 0.717) is 25.7 Å². The first-order chi connectivity index (χ1) is 40.6. The number of quaternary nitrogens is 1. The summed E-state index contributed by atoms with van der Waals surface area (Å²) in [6, 6.07) is 9.66. The van der Waals surface area contributed by atoms with E-state index in [1.54, 1.807) is 37.3 Å². The van der Waals surface area contributed by atoms with Gasteiger partial charge in [0, 0.05) is 113 Å². The van der Waals surface area contributed by atoms with Gasteiger partial charge in [0.2, 0.25) is 11.8 Å². The minimum Gasteiger partial charge on any atom is -0.481 e. The second-order valence-electron chi connectivity index (χ2n) is 22.3. The average molecular weight is 1190 g/mol. The van der Waals surface area contributed by atoms with Crippen molar-refractivity contribution >= 4 is 94.3 Å². The molecule has 0 fully saturated rings. The summed E-state index contributed by atoms with van der Waals surface area (Å²) in [6.07, 6.45) is 11.9. The smallest absolute Gasteiger partial charge is 0.311 e. The number of hydrogen-bond donors (Lipinski definition) is 4. The van der Waals surface area contributed by atoms with E-state index in [0.717, 1.165) is 42.9 Å². The summed E-state index contributed by atoms with van der Waals surface area (Å²) in [5.41, 5.74) is 5.50. The second kappa shape index (κ2) is 31.6. The van der Waals surface area contributed by atoms with Crippen LogP contribution in [0.5, 0.6) is 11.5 Å². The van der Waals surface area contributed by atoms with Crippen molar-refractivity contribution in [1.29, 1.82) is 0 Å². The van der Waals surface area contributed by atoms with Gasteiger partial charge in [0.05, 0.1) is 29.3 Å². The van der Waals surface area contributed by atoms with Crippen LogP contribution in [0.25, 0.3) is 0 Å². The zero-order valence-corrected chi connectivity index (χ0v) is 49.1. The number of rotatable bonds is 30. The van der Waals surface area contributed by atoms with Gasteiger partial charge in [-0.05, 0) is 101 Å². The Labute approximate surface area is 496 Å². The first-order valence-electron chi connectivity index (χ1n) is 28.3. The molecule has 10 amide bonds. The topological polar surface area (TPSA) is 352 Å². The van der Waals surface area contributed by atoms with Crippen molar-refractivity contribution < 1.29 is 92.2 Å². The Bertz CT molecular complexity index is 3050. The number of carboxylic acid groups (broad SMARTS) is 1. The number of ether oxygens (including phenoxy) is 3. The highest BCUT2D eigenvalue weighted by molar-refractivity contribution is 6.14. The maximum atomic E-state index is 12.9. The monoisotopic (exact) mass is 1190 g/mol. The number of benzene rings is 2. The minimum atomic E-state index is -0.920. The van der Waals surface area contributed by atoms with Crippen molar-refractivity contribution in [2.24, 2.45) is 17.8 Å². The summed E-state index contributed by atoms with van der Waals surface area (Å²) in [7, 11) is 0. The van der Waals surface area contributed by atoms with Crippen molar-refractivity contribution in [3.05, 3.63) is 96.1 Å². The third kappa shape index (κ3) is 21.4. The number of esters is 3. The fourth-order valence-corrected chi connectivity index (χ4v) is 9.32. The highest BCUT2D eigenvalue weighted by atomic mass is 16.6. The summed E-state index contributed by atoms with van der Waals surface area (Å²) in [5, 5.41) is 14.7. The van der Waals surface area contributed by atoms with Gasteiger partial charge in [-0.1, -0.05) is 32.9 Å². The second-order valence-corrected chi connectivity index (χ2v) is 22.3. The Kier molecular flexibility index (Phi) is 24.8. The van der Waals surface area contributed by atoms with Gasteiger partial charge in [0.25, 0.3) is 47.3 Å². The van der Waals surface area contributed by atoms with Crippen LogP contribution in [0.1, 0.15) is 117 Å². The highest BCUT2D eigenvalue weighted by Crippen LogP contribution is 2.31. The molecule has 0 aliphatic carbocycles. The van der Waals surface area contributed by atoms with Crippen molar-refractivity contribution in [3.8, 4) is 11.5 Å². The minimum absolute atomic E-state index is 0.00437. The van der Waals surface area contributed by atoms with E-state index >= 15 is 0 Å². The van der Waals surface area contributed by atoms with Crippen LogP contribution < -0.4 is 25.8 Å². The summed E-state index contributed by atoms with van der Waals surface area (Å²) < 4.78 is 16.5. The molecule has 6 N–H and O–H groups in total. The number of imide groups is 4. The number of carbonyl (C=O) groups excluding carboxylic acids is 13. The lowest BCUT2D eigenvalue weighted by molar-refractivity contribution is -0.422. The van der Waals surface area contributed by atoms with E-state index in [1.807, 2.05) is 34.6 Å². The van der Waals surface area contributed by atoms with Crippen molar-refractivity contribution in [1.82, 2.24) is 19.6 Å². The van der Waals surface area contributed by atoms with Gasteiger partial charge in [0.1, 0.15) is 5.60 Å². The van der Waals surface area contributed by atoms with E-state index in [1.165, 1.54) is 42.5 Å². The Balaban J connectivity index is 0.000000315. The first kappa shape index (κ1) is 67.5. The third-order valence-corrected chi connectivity index (χ3v) is 13.6. The SMILES string of the molecule is CC(C[C@@H](C)Cc1ccc(OC(=O)CCCN2C(=O)C=CC2=O)c(NC(=O)CCCN2C(=O)C=CC2=O)c1)C(=O)OC(C)(C)C.CC(C[C@@H]([NH3+])Cc1ccc(OC(=O)CCCN2C(=O)C=CC2=O)c(NC(=O)CCCN2C(=O)C=CC2=O)c1)C(=O)O. The number of anilines is 2. The van der Waals surface area contributed by atoms with Gasteiger partial charge in [-0.15, -0.1) is 0 Å². The van der Waals surface area contributed by atoms with E-state index in [4.69, 9.17) is 14.2 Å². The quantitative estimate of drug-likeness (QED) is 0.0492. The highest BCUT2D eigenvalue weighted by Gasteiger charge is 2.29. The average Bonchev–Trinajstić information content (AvgIpc) is 3.45. The maximum Gasteiger partial charge on any atom is 0.311 e. The Hall–Kier alpha value is -9.26. The third-order valence-electron chi connectivity index (χ3n) is 13.6. The normalized spacial score (nSPS) is 15.9. The van der Waals surface area contributed by atoms with E-state index < -0.39 is 88.5 Å². The Morgan fingerprint density at radius 3 is 1.17 bits per heavy atom. The standard InChI is InChI=1S/C33H41N3O9.C28H32N4O9/c1-21(18-22(2)32(43)45-33(3,4)5)19-23-10-11-25(44-31(42)9-7-17-36-29(40)14-15-30(36)41)24(20-23)34-26(37)8-6-16-35-27(38)12-13-28(35)39;1-17(28(39)40)14-19(29)15-18-6-7-21(41-27(38)5-3-13-32-25(36)10-11-26(32)37)20(16-18)30-22(33)4-2-12-31-23(34)8-9-24(31)35/h10-15,20-22H,6-9,16-19H2,1-5H3,(H,34,37);6-11,16-17,19H,2-5,12-15,29H2,1H3,(H,30,33)(H,39,40)/p+1/t21-,22?;17?,19-/m11/s1. The molecule has 0 radical (unpaired) electrons. The fourth-order valence-electron chi connectivity index (χ4n) is 9.32. The number of amides is 10. The summed E-state index contributed by atoms with van der Waals surface area (Å²) in [5.74, 6) is -7.36. The van der Waals surface area contributed by atoms with Crippen LogP contribution in [0.2, 0.25) is 0 Å². The summed E-state index contributed by atoms with van der Waals surface area (Å²) in [4.78, 5) is 172. The number of carbonyl (C=O) groups is 14. The lowest BCUT2D eigenvalue weighted by atomic mass is 9.91. The molecule has 6 rings (SSSR count). The molecule has 0 bridgehead atoms. The van der Waals surface area contributed by atoms with Crippen LogP contribution in [-0.4, -0.2) is 145 Å². The molecule has 0 saturated carbocycles. The molecule has 86 heavy (non-hydrogen) atoms. The Morgan fingerprint density at radius 1 is 0.500 bits per heavy atom. The molecule has 0 spiro atoms. The molecule has 25 nitrogen and oxygen atoms in total. The molecule has 460 valence electrons. The number of hydrogen-bond acceptors (Lipinski definition) is 17. The zero-order valence-electron chi connectivity index (χ0n) is 49.1. The number of aliphatic carboxylic acids is 1. The lowest BCUT2D eigenvalue weighted by Crippen LogP contribution is -2.62. The van der Waals surface area contributed by atoms with Gasteiger partial charge in [-0.2, -0.15) is 0 Å². The van der Waals surface area contributed by atoms with E-state index in [2.05, 4.69) is 16.4 Å². The zero-order chi connectivity index (χ0) is 63.4. The summed E-state index contributed by atoms with van der Waals surface area (Å²) in [6.45, 7) is 11.2. The predicted molar refractivity (Wildman–Crippen MR) is 306 cm³/mol. The van der Waals surface area contributed by atoms with Gasteiger partial charge in [0.15, 0.2) is 11.5 Å². The Morgan fingerprint density at radius 2 is 0.837 bits per heavy atom. The van der Waals surface area contributed by atoms with Crippen LogP contribution in [0.15, 0.2) is 85.0 Å². The van der Waals surface area contributed by atoms with E-state index in [-0.39, 0.29) is 124 Å². The molecular weight excluding hydrogens is 1120 g/mol. The van der Waals surface area contributed by atoms with Crippen LogP contribution in [0.4, 0.5) is 11.4 Å². The van der Waals surface area contributed by atoms with Crippen molar-refractivity contribution in [2.75, 3.05) is 36.8 Å². The molecule has 2 aromatic rings. The number of nitrogens with one attached hydrogen (secondary N) is 2. The molecule has 4 aliphatic heterocycles. The van der Waals surface area contributed by atoms with Gasteiger partial charge in [-0.3, -0.25) is 86.7 Å². The van der Waals surface area contributed by atoms with Gasteiger partial charge < -0.3 is 35.7 Å². The largest absolute Gasteiger partial charge is 0.481 e. The fraction of sp³-hybridized carbons (Fsp3) is 0.443. The molecule has 0 saturated heterocycles. The molecule has 0 aromatic heterocycles. The van der Waals surface area contributed by atoms with Gasteiger partial charge >= 0.3 is 23.9 Å². The first-order valence-corrected chi connectivity index (χ1v) is 28.3. The maximum absolute atomic E-state index is 12.9. The van der Waals surface area contributed by atoms with Crippen LogP contribution in [-0.2, 0) is 84.7 Å². The van der Waals surface area contributed by atoms with Crippen LogP contribution in [0.3, 0.4) is 0 Å². The van der Waals surface area contributed by atoms with Crippen molar-refractivity contribution in [2.45, 2.75) is 130 Å². The van der Waals surface area contributed by atoms with Crippen molar-refractivity contribution in [3.63, 3.8) is 0 Å². The predicted octanol–water partition coefficient (Wildman–Crippen LogP) is 3.69. The van der Waals surface area contributed by atoms with Crippen LogP contribution >= 0.6 is 0 Å². The molecule has 4 aliphatic rings.